The van der Waals surface area contributed by atoms with Crippen LogP contribution in [0.3, 0.4) is 0 Å². The number of nitrogens with zero attached hydrogens (tertiary/aromatic N) is 1. The largest absolute Gasteiger partial charge is 0.496 e. The topological polar surface area (TPSA) is 61.4 Å². The van der Waals surface area contributed by atoms with Crippen LogP contribution >= 0.6 is 0 Å². The van der Waals surface area contributed by atoms with E-state index in [1.165, 1.54) is 22.0 Å². The van der Waals surface area contributed by atoms with Crippen molar-refractivity contribution in [2.75, 3.05) is 20.7 Å². The number of methoxy groups -OCH3 is 1. The number of hydrogen-bond donors (Lipinski definition) is 3. The van der Waals surface area contributed by atoms with Gasteiger partial charge in [-0.05, 0) is 43.0 Å². The molecule has 3 N–H and O–H groups in total. The number of hydrogen-bond acceptors (Lipinski definition) is 2. The van der Waals surface area contributed by atoms with Gasteiger partial charge in [0.2, 0.25) is 0 Å². The molecule has 0 amide bonds. The first-order chi connectivity index (χ1) is 13.2. The second-order valence-electron chi connectivity index (χ2n) is 6.63. The summed E-state index contributed by atoms with van der Waals surface area (Å²) in [5.41, 5.74) is 4.87. The quantitative estimate of drug-likeness (QED) is 0.340. The van der Waals surface area contributed by atoms with E-state index < -0.39 is 0 Å². The van der Waals surface area contributed by atoms with Crippen LogP contribution in [0.25, 0.3) is 10.9 Å². The minimum absolute atomic E-state index is 0.672. The van der Waals surface area contributed by atoms with E-state index in [0.29, 0.717) is 6.54 Å². The second-order valence-corrected chi connectivity index (χ2v) is 6.63. The van der Waals surface area contributed by atoms with Gasteiger partial charge in [0.1, 0.15) is 5.75 Å². The summed E-state index contributed by atoms with van der Waals surface area (Å²) in [5.74, 6) is 1.70. The number of aliphatic imine (C=N–C) groups is 1. The number of nitrogens with one attached hydrogen (secondary N) is 3. The van der Waals surface area contributed by atoms with Gasteiger partial charge in [0.25, 0.3) is 0 Å². The van der Waals surface area contributed by atoms with Gasteiger partial charge in [-0.3, -0.25) is 4.99 Å². The molecule has 3 rings (SSSR count). The fourth-order valence-electron chi connectivity index (χ4n) is 3.22. The molecule has 0 fully saturated rings. The predicted octanol–water partition coefficient (Wildman–Crippen LogP) is 3.78. The zero-order valence-corrected chi connectivity index (χ0v) is 16.3. The lowest BCUT2D eigenvalue weighted by Gasteiger charge is -2.14. The molecule has 27 heavy (non-hydrogen) atoms. The molecular weight excluding hydrogens is 336 g/mol. The molecule has 0 aliphatic rings. The molecule has 0 saturated heterocycles. The van der Waals surface area contributed by atoms with Crippen molar-refractivity contribution in [2.45, 2.75) is 26.3 Å². The fraction of sp³-hybridized carbons (Fsp3) is 0.318. The number of para-hydroxylation sites is 1. The normalized spacial score (nSPS) is 11.6. The number of guanidine groups is 1. The minimum Gasteiger partial charge on any atom is -0.496 e. The van der Waals surface area contributed by atoms with Gasteiger partial charge in [-0.25, -0.2) is 0 Å². The number of H-pyrrole nitrogens is 1. The third-order valence-electron chi connectivity index (χ3n) is 4.70. The molecule has 142 valence electrons. The average molecular weight is 364 g/mol. The number of aromatic nitrogens is 1. The molecular formula is C22H28N4O. The Bertz CT molecular complexity index is 914. The van der Waals surface area contributed by atoms with Gasteiger partial charge in [-0.15, -0.1) is 0 Å². The van der Waals surface area contributed by atoms with E-state index in [0.717, 1.165) is 36.7 Å². The highest BCUT2D eigenvalue weighted by Gasteiger charge is 2.05. The molecule has 0 unspecified atom stereocenters. The Balaban J connectivity index is 1.47. The van der Waals surface area contributed by atoms with Gasteiger partial charge in [0.05, 0.1) is 7.11 Å². The van der Waals surface area contributed by atoms with Crippen molar-refractivity contribution in [3.05, 3.63) is 65.4 Å². The first kappa shape index (κ1) is 18.8. The highest BCUT2D eigenvalue weighted by Crippen LogP contribution is 2.20. The molecule has 0 saturated carbocycles. The van der Waals surface area contributed by atoms with Crippen molar-refractivity contribution in [1.29, 1.82) is 0 Å². The van der Waals surface area contributed by atoms with Crippen molar-refractivity contribution < 1.29 is 4.74 Å². The van der Waals surface area contributed by atoms with Crippen LogP contribution in [0, 0.1) is 6.92 Å². The molecule has 0 bridgehead atoms. The van der Waals surface area contributed by atoms with E-state index in [1.54, 1.807) is 14.2 Å². The smallest absolute Gasteiger partial charge is 0.191 e. The highest BCUT2D eigenvalue weighted by molar-refractivity contribution is 5.83. The number of benzene rings is 2. The summed E-state index contributed by atoms with van der Waals surface area (Å²) in [6, 6.07) is 14.7. The summed E-state index contributed by atoms with van der Waals surface area (Å²) in [6.45, 7) is 3.60. The number of fused-ring (bicyclic) bond motifs is 1. The van der Waals surface area contributed by atoms with Crippen LogP contribution in [0.4, 0.5) is 0 Å². The molecule has 1 aromatic heterocycles. The lowest BCUT2D eigenvalue weighted by molar-refractivity contribution is 0.408. The van der Waals surface area contributed by atoms with Crippen LogP contribution in [0.5, 0.6) is 5.75 Å². The van der Waals surface area contributed by atoms with Crippen molar-refractivity contribution in [3.8, 4) is 5.75 Å². The molecule has 0 aliphatic heterocycles. The van der Waals surface area contributed by atoms with E-state index in [1.807, 2.05) is 0 Å². The van der Waals surface area contributed by atoms with Crippen LogP contribution in [0.1, 0.15) is 23.1 Å². The molecule has 5 heteroatoms. The number of ether oxygens (including phenoxy) is 1. The zero-order chi connectivity index (χ0) is 19.1. The van der Waals surface area contributed by atoms with E-state index >= 15 is 0 Å². The minimum atomic E-state index is 0.672. The second kappa shape index (κ2) is 9.12. The lowest BCUT2D eigenvalue weighted by Crippen LogP contribution is -2.37. The summed E-state index contributed by atoms with van der Waals surface area (Å²) in [5, 5.41) is 8.05. The predicted molar refractivity (Wildman–Crippen MR) is 113 cm³/mol. The number of aromatic amines is 1. The molecule has 1 heterocycles. The van der Waals surface area contributed by atoms with E-state index in [2.05, 4.69) is 76.2 Å². The van der Waals surface area contributed by atoms with Crippen LogP contribution in [-0.4, -0.2) is 31.6 Å². The first-order valence-electron chi connectivity index (χ1n) is 9.34. The summed E-state index contributed by atoms with van der Waals surface area (Å²) in [4.78, 5) is 7.64. The van der Waals surface area contributed by atoms with Crippen molar-refractivity contribution in [2.24, 2.45) is 4.99 Å². The number of rotatable bonds is 7. The maximum Gasteiger partial charge on any atom is 0.191 e. The van der Waals surface area contributed by atoms with Gasteiger partial charge in [0, 0.05) is 42.8 Å². The Morgan fingerprint density at radius 1 is 1.11 bits per heavy atom. The van der Waals surface area contributed by atoms with Crippen LogP contribution in [0.2, 0.25) is 0 Å². The van der Waals surface area contributed by atoms with Crippen LogP contribution in [0.15, 0.2) is 53.7 Å². The lowest BCUT2D eigenvalue weighted by atomic mass is 10.1. The van der Waals surface area contributed by atoms with Gasteiger partial charge >= 0.3 is 0 Å². The summed E-state index contributed by atoms with van der Waals surface area (Å²) in [7, 11) is 3.50. The maximum absolute atomic E-state index is 5.46. The molecule has 5 nitrogen and oxygen atoms in total. The first-order valence-corrected chi connectivity index (χ1v) is 9.34. The van der Waals surface area contributed by atoms with Crippen molar-refractivity contribution >= 4 is 16.9 Å². The standard InChI is InChI=1S/C22H28N4O/c1-16-10-11-18(21(13-16)27-3)15-26-22(23-2)24-12-6-7-17-14-25-20-9-5-4-8-19(17)20/h4-5,8-11,13-14,25H,6-7,12,15H2,1-3H3,(H2,23,24,26). The molecule has 0 radical (unpaired) electrons. The number of aryl methyl sites for hydroxylation is 2. The SMILES string of the molecule is CN=C(NCCCc1c[nH]c2ccccc12)NCc1ccc(C)cc1OC. The zero-order valence-electron chi connectivity index (χ0n) is 16.3. The van der Waals surface area contributed by atoms with Crippen molar-refractivity contribution in [3.63, 3.8) is 0 Å². The summed E-state index contributed by atoms with van der Waals surface area (Å²) >= 11 is 0. The Morgan fingerprint density at radius 3 is 2.78 bits per heavy atom. The molecule has 0 aliphatic carbocycles. The van der Waals surface area contributed by atoms with E-state index in [4.69, 9.17) is 4.74 Å². The maximum atomic E-state index is 5.46. The Hall–Kier alpha value is -2.95. The summed E-state index contributed by atoms with van der Waals surface area (Å²) < 4.78 is 5.46. The van der Waals surface area contributed by atoms with Crippen molar-refractivity contribution in [1.82, 2.24) is 15.6 Å². The van der Waals surface area contributed by atoms with Gasteiger partial charge < -0.3 is 20.4 Å². The fourth-order valence-corrected chi connectivity index (χ4v) is 3.22. The Morgan fingerprint density at radius 2 is 1.96 bits per heavy atom. The van der Waals surface area contributed by atoms with E-state index in [9.17, 15) is 0 Å². The Labute approximate surface area is 160 Å². The average Bonchev–Trinajstić information content (AvgIpc) is 3.11. The molecule has 2 aromatic carbocycles. The summed E-state index contributed by atoms with van der Waals surface area (Å²) in [6.07, 6.45) is 4.18. The highest BCUT2D eigenvalue weighted by atomic mass is 16.5. The Kier molecular flexibility index (Phi) is 6.36. The molecule has 0 atom stereocenters. The van der Waals surface area contributed by atoms with E-state index in [-0.39, 0.29) is 0 Å². The van der Waals surface area contributed by atoms with Crippen LogP contribution in [-0.2, 0) is 13.0 Å². The van der Waals surface area contributed by atoms with Gasteiger partial charge in [-0.2, -0.15) is 0 Å². The molecule has 3 aromatic rings. The third kappa shape index (κ3) is 4.82. The van der Waals surface area contributed by atoms with Crippen LogP contribution < -0.4 is 15.4 Å². The van der Waals surface area contributed by atoms with Gasteiger partial charge in [-0.1, -0.05) is 30.3 Å². The molecule has 0 spiro atoms. The third-order valence-corrected chi connectivity index (χ3v) is 4.70. The van der Waals surface area contributed by atoms with Gasteiger partial charge in [0.15, 0.2) is 5.96 Å². The monoisotopic (exact) mass is 364 g/mol.